The van der Waals surface area contributed by atoms with E-state index in [1.165, 1.54) is 25.8 Å². The summed E-state index contributed by atoms with van der Waals surface area (Å²) in [6, 6.07) is -0.978. The molecule has 0 saturated carbocycles. The molecule has 0 aromatic carbocycles. The number of anilines is 1. The van der Waals surface area contributed by atoms with Crippen LogP contribution < -0.4 is 5.32 Å². The Morgan fingerprint density at radius 3 is 2.79 bits per heavy atom. The van der Waals surface area contributed by atoms with Gasteiger partial charge in [0.25, 0.3) is 0 Å². The van der Waals surface area contributed by atoms with Gasteiger partial charge in [0, 0.05) is 27.2 Å². The Balaban J connectivity index is 3.02. The van der Waals surface area contributed by atoms with Gasteiger partial charge in [-0.25, -0.2) is 9.48 Å². The number of nitrogens with one attached hydrogen (secondary N) is 1. The van der Waals surface area contributed by atoms with Gasteiger partial charge in [-0.05, 0) is 6.92 Å². The number of aliphatic carboxylic acids is 1. The highest BCUT2D eigenvalue weighted by Gasteiger charge is 2.28. The van der Waals surface area contributed by atoms with Crippen molar-refractivity contribution in [1.82, 2.24) is 9.78 Å². The van der Waals surface area contributed by atoms with Gasteiger partial charge in [-0.15, -0.1) is 0 Å². The summed E-state index contributed by atoms with van der Waals surface area (Å²) < 4.78 is 6.07. The van der Waals surface area contributed by atoms with Crippen molar-refractivity contribution < 1.29 is 19.6 Å². The predicted octanol–water partition coefficient (Wildman–Crippen LogP) is 0.538. The number of ether oxygens (including phenoxy) is 1. The van der Waals surface area contributed by atoms with Gasteiger partial charge in [0.2, 0.25) is 5.82 Å². The number of carboxylic acids is 1. The van der Waals surface area contributed by atoms with Gasteiger partial charge in [-0.1, -0.05) is 0 Å². The van der Waals surface area contributed by atoms with Gasteiger partial charge in [0.1, 0.15) is 11.7 Å². The van der Waals surface area contributed by atoms with Gasteiger partial charge in [-0.3, -0.25) is 10.1 Å². The fourth-order valence-corrected chi connectivity index (χ4v) is 1.69. The number of hydrogen-bond acceptors (Lipinski definition) is 6. The first-order chi connectivity index (χ1) is 8.88. The van der Waals surface area contributed by atoms with Crippen LogP contribution in [-0.4, -0.2) is 45.5 Å². The normalized spacial score (nSPS) is 12.2. The lowest BCUT2D eigenvalue weighted by atomic mass is 10.2. The lowest BCUT2D eigenvalue weighted by Gasteiger charge is -2.14. The summed E-state index contributed by atoms with van der Waals surface area (Å²) in [7, 11) is 2.97. The van der Waals surface area contributed by atoms with E-state index in [1.807, 2.05) is 0 Å². The van der Waals surface area contributed by atoms with Crippen LogP contribution in [0.15, 0.2) is 0 Å². The van der Waals surface area contributed by atoms with E-state index >= 15 is 0 Å². The zero-order chi connectivity index (χ0) is 14.6. The molecule has 0 aliphatic carbocycles. The number of hydrogen-bond donors (Lipinski definition) is 2. The number of nitrogens with zero attached hydrogens (tertiary/aromatic N) is 3. The van der Waals surface area contributed by atoms with Crippen molar-refractivity contribution in [3.63, 3.8) is 0 Å². The fraction of sp³-hybridized carbons (Fsp3) is 0.600. The zero-order valence-corrected chi connectivity index (χ0v) is 10.9. The van der Waals surface area contributed by atoms with E-state index in [4.69, 9.17) is 9.84 Å². The molecule has 106 valence electrons. The quantitative estimate of drug-likeness (QED) is 0.549. The second-order valence-corrected chi connectivity index (χ2v) is 3.98. The van der Waals surface area contributed by atoms with E-state index in [2.05, 4.69) is 10.4 Å². The van der Waals surface area contributed by atoms with Crippen LogP contribution in [0, 0.1) is 17.0 Å². The van der Waals surface area contributed by atoms with E-state index in [9.17, 15) is 14.9 Å². The molecule has 0 saturated heterocycles. The number of rotatable bonds is 7. The molecule has 9 nitrogen and oxygen atoms in total. The molecule has 1 aromatic rings. The Bertz CT molecular complexity index is 485. The Hall–Kier alpha value is -2.16. The van der Waals surface area contributed by atoms with Crippen LogP contribution in [0.4, 0.5) is 11.5 Å². The van der Waals surface area contributed by atoms with Crippen LogP contribution >= 0.6 is 0 Å². The Labute approximate surface area is 109 Å². The molecular formula is C10H16N4O5. The number of nitro groups is 1. The summed E-state index contributed by atoms with van der Waals surface area (Å²) >= 11 is 0. The maximum absolute atomic E-state index is 11.1. The zero-order valence-electron chi connectivity index (χ0n) is 10.9. The van der Waals surface area contributed by atoms with Crippen LogP contribution in [0.2, 0.25) is 0 Å². The number of methoxy groups -OCH3 is 1. The van der Waals surface area contributed by atoms with E-state index in [-0.39, 0.29) is 30.2 Å². The molecule has 0 spiro atoms. The van der Waals surface area contributed by atoms with Crippen molar-refractivity contribution >= 4 is 17.5 Å². The van der Waals surface area contributed by atoms with Crippen LogP contribution in [0.25, 0.3) is 0 Å². The SMILES string of the molecule is COCCC(Nc1c([N+](=O)[O-])c(C)nn1C)C(=O)O. The standard InChI is InChI=1S/C10H16N4O5/c1-6-8(14(17)18)9(13(2)12-6)11-7(10(15)16)4-5-19-3/h7,11H,4-5H2,1-3H3,(H,15,16). The average molecular weight is 272 g/mol. The Morgan fingerprint density at radius 2 is 2.32 bits per heavy atom. The van der Waals surface area contributed by atoms with E-state index in [0.29, 0.717) is 0 Å². The maximum Gasteiger partial charge on any atom is 0.333 e. The Kier molecular flexibility index (Phi) is 4.81. The van der Waals surface area contributed by atoms with Gasteiger partial charge >= 0.3 is 11.7 Å². The third kappa shape index (κ3) is 3.41. The van der Waals surface area contributed by atoms with Crippen LogP contribution in [-0.2, 0) is 16.6 Å². The number of carbonyl (C=O) groups is 1. The average Bonchev–Trinajstić information content (AvgIpc) is 2.58. The topological polar surface area (TPSA) is 120 Å². The molecule has 1 heterocycles. The number of carboxylic acid groups (broad SMARTS) is 1. The minimum absolute atomic E-state index is 0.0750. The van der Waals surface area contributed by atoms with Crippen molar-refractivity contribution in [1.29, 1.82) is 0 Å². The summed E-state index contributed by atoms with van der Waals surface area (Å²) in [6.45, 7) is 1.73. The molecule has 0 aliphatic rings. The molecule has 0 fully saturated rings. The van der Waals surface area contributed by atoms with E-state index in [0.717, 1.165) is 0 Å². The molecule has 9 heteroatoms. The lowest BCUT2D eigenvalue weighted by Crippen LogP contribution is -2.31. The first kappa shape index (κ1) is 14.9. The summed E-state index contributed by atoms with van der Waals surface area (Å²) in [6.07, 6.45) is 0.188. The van der Waals surface area contributed by atoms with Gasteiger partial charge in [0.05, 0.1) is 4.92 Å². The van der Waals surface area contributed by atoms with Crippen molar-refractivity contribution in [3.8, 4) is 0 Å². The highest BCUT2D eigenvalue weighted by molar-refractivity contribution is 5.78. The number of aromatic nitrogens is 2. The van der Waals surface area contributed by atoms with Crippen molar-refractivity contribution in [3.05, 3.63) is 15.8 Å². The summed E-state index contributed by atoms with van der Waals surface area (Å²) in [4.78, 5) is 21.5. The monoisotopic (exact) mass is 272 g/mol. The molecular weight excluding hydrogens is 256 g/mol. The molecule has 1 aromatic heterocycles. The van der Waals surface area contributed by atoms with E-state index in [1.54, 1.807) is 0 Å². The first-order valence-corrected chi connectivity index (χ1v) is 5.54. The molecule has 1 unspecified atom stereocenters. The largest absolute Gasteiger partial charge is 0.480 e. The van der Waals surface area contributed by atoms with Crippen molar-refractivity contribution in [2.24, 2.45) is 7.05 Å². The summed E-state index contributed by atoms with van der Waals surface area (Å²) in [5, 5.41) is 26.6. The second-order valence-electron chi connectivity index (χ2n) is 3.98. The lowest BCUT2D eigenvalue weighted by molar-refractivity contribution is -0.384. The fourth-order valence-electron chi connectivity index (χ4n) is 1.69. The van der Waals surface area contributed by atoms with Crippen molar-refractivity contribution in [2.45, 2.75) is 19.4 Å². The summed E-state index contributed by atoms with van der Waals surface area (Å²) in [5.74, 6) is -1.03. The molecule has 1 rings (SSSR count). The highest BCUT2D eigenvalue weighted by Crippen LogP contribution is 2.28. The third-order valence-electron chi connectivity index (χ3n) is 2.59. The van der Waals surface area contributed by atoms with Gasteiger partial charge < -0.3 is 15.2 Å². The Morgan fingerprint density at radius 1 is 1.68 bits per heavy atom. The third-order valence-corrected chi connectivity index (χ3v) is 2.59. The molecule has 19 heavy (non-hydrogen) atoms. The minimum atomic E-state index is -1.11. The molecule has 0 bridgehead atoms. The first-order valence-electron chi connectivity index (χ1n) is 5.54. The van der Waals surface area contributed by atoms with E-state index < -0.39 is 16.9 Å². The molecule has 0 radical (unpaired) electrons. The number of aryl methyl sites for hydroxylation is 2. The molecule has 0 aliphatic heterocycles. The van der Waals surface area contributed by atoms with Gasteiger partial charge in [-0.2, -0.15) is 5.10 Å². The van der Waals surface area contributed by atoms with Crippen LogP contribution in [0.3, 0.4) is 0 Å². The predicted molar refractivity (Wildman–Crippen MR) is 66.1 cm³/mol. The molecule has 2 N–H and O–H groups in total. The molecule has 0 amide bonds. The highest BCUT2D eigenvalue weighted by atomic mass is 16.6. The van der Waals surface area contributed by atoms with Crippen molar-refractivity contribution in [2.75, 3.05) is 19.0 Å². The smallest absolute Gasteiger partial charge is 0.333 e. The van der Waals surface area contributed by atoms with Crippen LogP contribution in [0.1, 0.15) is 12.1 Å². The van der Waals surface area contributed by atoms with Crippen LogP contribution in [0.5, 0.6) is 0 Å². The maximum atomic E-state index is 11.1. The van der Waals surface area contributed by atoms with Gasteiger partial charge in [0.15, 0.2) is 0 Å². The molecule has 1 atom stereocenters. The minimum Gasteiger partial charge on any atom is -0.480 e. The summed E-state index contributed by atoms with van der Waals surface area (Å²) in [5.41, 5.74) is 0.0112. The second kappa shape index (κ2) is 6.14.